The largest absolute Gasteiger partial charge is 0.481 e. The molecule has 1 aliphatic rings. The predicted octanol–water partition coefficient (Wildman–Crippen LogP) is 2.72. The highest BCUT2D eigenvalue weighted by Gasteiger charge is 2.34. The number of fused-ring (bicyclic) bond motifs is 1. The van der Waals surface area contributed by atoms with Crippen molar-refractivity contribution in [2.75, 3.05) is 0 Å². The average molecular weight is 287 g/mol. The Bertz CT molecular complexity index is 703. The molecule has 5 nitrogen and oxygen atoms in total. The fraction of sp³-hybridized carbons (Fsp3) is 0.375. The predicted molar refractivity (Wildman–Crippen MR) is 77.2 cm³/mol. The molecule has 1 fully saturated rings. The lowest BCUT2D eigenvalue weighted by Crippen LogP contribution is -2.40. The van der Waals surface area contributed by atoms with Gasteiger partial charge in [-0.2, -0.15) is 0 Å². The number of benzene rings is 1. The summed E-state index contributed by atoms with van der Waals surface area (Å²) in [6, 6.07) is 7.08. The van der Waals surface area contributed by atoms with Crippen molar-refractivity contribution in [2.24, 2.45) is 5.92 Å². The van der Waals surface area contributed by atoms with Crippen LogP contribution in [0.1, 0.15) is 35.4 Å². The molecule has 1 amide bonds. The molecule has 0 bridgehead atoms. The molecule has 21 heavy (non-hydrogen) atoms. The van der Waals surface area contributed by atoms with Gasteiger partial charge < -0.3 is 14.8 Å². The Labute approximate surface area is 121 Å². The standard InChI is InChI=1S/C16H17NO4/c1-9-5-6-13-10(7-9)8-14(21-13)15(18)17-12-4-2-3-11(12)16(19)20/h5-8,11-12H,2-4H2,1H3,(H,17,18)(H,19,20). The topological polar surface area (TPSA) is 79.5 Å². The van der Waals surface area contributed by atoms with Crippen molar-refractivity contribution in [2.45, 2.75) is 32.2 Å². The molecule has 2 unspecified atom stereocenters. The second kappa shape index (κ2) is 5.24. The Morgan fingerprint density at radius 2 is 2.10 bits per heavy atom. The van der Waals surface area contributed by atoms with Gasteiger partial charge in [0, 0.05) is 11.4 Å². The molecule has 2 aromatic rings. The second-order valence-corrected chi connectivity index (χ2v) is 5.61. The number of furan rings is 1. The van der Waals surface area contributed by atoms with Crippen LogP contribution in [0.5, 0.6) is 0 Å². The molecule has 3 rings (SSSR count). The van der Waals surface area contributed by atoms with Crippen LogP contribution in [0.3, 0.4) is 0 Å². The molecular weight excluding hydrogens is 270 g/mol. The number of nitrogens with one attached hydrogen (secondary N) is 1. The monoisotopic (exact) mass is 287 g/mol. The molecule has 0 saturated heterocycles. The van der Waals surface area contributed by atoms with Crippen LogP contribution in [0.25, 0.3) is 11.0 Å². The maximum Gasteiger partial charge on any atom is 0.308 e. The molecular formula is C16H17NO4. The summed E-state index contributed by atoms with van der Waals surface area (Å²) < 4.78 is 5.53. The summed E-state index contributed by atoms with van der Waals surface area (Å²) in [4.78, 5) is 23.4. The normalized spacial score (nSPS) is 21.6. The van der Waals surface area contributed by atoms with Crippen molar-refractivity contribution in [1.29, 1.82) is 0 Å². The zero-order valence-corrected chi connectivity index (χ0v) is 11.8. The number of carboxylic acids is 1. The van der Waals surface area contributed by atoms with Crippen molar-refractivity contribution >= 4 is 22.8 Å². The summed E-state index contributed by atoms with van der Waals surface area (Å²) >= 11 is 0. The molecule has 2 atom stereocenters. The molecule has 1 aliphatic carbocycles. The van der Waals surface area contributed by atoms with Gasteiger partial charge in [-0.05, 0) is 38.0 Å². The summed E-state index contributed by atoms with van der Waals surface area (Å²) in [5.41, 5.74) is 1.75. The van der Waals surface area contributed by atoms with E-state index >= 15 is 0 Å². The second-order valence-electron chi connectivity index (χ2n) is 5.61. The first-order valence-electron chi connectivity index (χ1n) is 7.08. The van der Waals surface area contributed by atoms with Crippen molar-refractivity contribution in [1.82, 2.24) is 5.32 Å². The number of rotatable bonds is 3. The van der Waals surface area contributed by atoms with Gasteiger partial charge in [0.15, 0.2) is 5.76 Å². The van der Waals surface area contributed by atoms with E-state index in [9.17, 15) is 9.59 Å². The first kappa shape index (κ1) is 13.7. The van der Waals surface area contributed by atoms with Gasteiger partial charge in [-0.25, -0.2) is 0 Å². The molecule has 0 spiro atoms. The number of hydrogen-bond donors (Lipinski definition) is 2. The average Bonchev–Trinajstić information content (AvgIpc) is 3.04. The van der Waals surface area contributed by atoms with Gasteiger partial charge in [0.1, 0.15) is 5.58 Å². The fourth-order valence-electron chi connectivity index (χ4n) is 2.94. The van der Waals surface area contributed by atoms with E-state index in [0.717, 1.165) is 17.4 Å². The summed E-state index contributed by atoms with van der Waals surface area (Å²) in [6.07, 6.45) is 2.13. The minimum absolute atomic E-state index is 0.228. The maximum absolute atomic E-state index is 12.2. The van der Waals surface area contributed by atoms with Crippen LogP contribution in [-0.4, -0.2) is 23.0 Å². The molecule has 1 aromatic heterocycles. The highest BCUT2D eigenvalue weighted by Crippen LogP contribution is 2.27. The minimum atomic E-state index is -0.849. The van der Waals surface area contributed by atoms with E-state index in [1.165, 1.54) is 0 Å². The highest BCUT2D eigenvalue weighted by atomic mass is 16.4. The van der Waals surface area contributed by atoms with Gasteiger partial charge in [0.05, 0.1) is 5.92 Å². The van der Waals surface area contributed by atoms with Crippen molar-refractivity contribution in [3.05, 3.63) is 35.6 Å². The third-order valence-corrected chi connectivity index (χ3v) is 4.05. The van der Waals surface area contributed by atoms with Crippen molar-refractivity contribution in [3.8, 4) is 0 Å². The molecule has 5 heteroatoms. The molecule has 1 aromatic carbocycles. The summed E-state index contributed by atoms with van der Waals surface area (Å²) in [7, 11) is 0. The lowest BCUT2D eigenvalue weighted by Gasteiger charge is -2.16. The van der Waals surface area contributed by atoms with E-state index in [-0.39, 0.29) is 17.7 Å². The number of aryl methyl sites for hydroxylation is 1. The molecule has 1 saturated carbocycles. The van der Waals surface area contributed by atoms with E-state index in [0.29, 0.717) is 18.4 Å². The van der Waals surface area contributed by atoms with Gasteiger partial charge >= 0.3 is 5.97 Å². The molecule has 0 radical (unpaired) electrons. The highest BCUT2D eigenvalue weighted by molar-refractivity contribution is 5.96. The van der Waals surface area contributed by atoms with Crippen LogP contribution < -0.4 is 5.32 Å². The smallest absolute Gasteiger partial charge is 0.308 e. The van der Waals surface area contributed by atoms with Gasteiger partial charge in [-0.15, -0.1) is 0 Å². The van der Waals surface area contributed by atoms with Crippen LogP contribution in [0.2, 0.25) is 0 Å². The van der Waals surface area contributed by atoms with Crippen molar-refractivity contribution in [3.63, 3.8) is 0 Å². The van der Waals surface area contributed by atoms with Gasteiger partial charge in [-0.3, -0.25) is 9.59 Å². The number of carbonyl (C=O) groups is 2. The van der Waals surface area contributed by atoms with E-state index < -0.39 is 11.9 Å². The van der Waals surface area contributed by atoms with Gasteiger partial charge in [0.25, 0.3) is 5.91 Å². The first-order valence-corrected chi connectivity index (χ1v) is 7.08. The number of hydrogen-bond acceptors (Lipinski definition) is 3. The van der Waals surface area contributed by atoms with Crippen LogP contribution >= 0.6 is 0 Å². The Balaban J connectivity index is 1.79. The Hall–Kier alpha value is -2.30. The lowest BCUT2D eigenvalue weighted by atomic mass is 10.0. The first-order chi connectivity index (χ1) is 10.0. The number of aliphatic carboxylic acids is 1. The van der Waals surface area contributed by atoms with E-state index in [4.69, 9.17) is 9.52 Å². The number of amides is 1. The third-order valence-electron chi connectivity index (χ3n) is 4.05. The van der Waals surface area contributed by atoms with E-state index in [1.54, 1.807) is 6.07 Å². The summed E-state index contributed by atoms with van der Waals surface area (Å²) in [5, 5.41) is 12.8. The van der Waals surface area contributed by atoms with E-state index in [2.05, 4.69) is 5.32 Å². The fourth-order valence-corrected chi connectivity index (χ4v) is 2.94. The Morgan fingerprint density at radius 3 is 2.86 bits per heavy atom. The lowest BCUT2D eigenvalue weighted by molar-refractivity contribution is -0.142. The van der Waals surface area contributed by atoms with Crippen molar-refractivity contribution < 1.29 is 19.1 Å². The molecule has 110 valence electrons. The third kappa shape index (κ3) is 2.63. The molecule has 2 N–H and O–H groups in total. The zero-order valence-electron chi connectivity index (χ0n) is 11.8. The van der Waals surface area contributed by atoms with Crippen LogP contribution in [0.4, 0.5) is 0 Å². The number of carbonyl (C=O) groups excluding carboxylic acids is 1. The SMILES string of the molecule is Cc1ccc2oc(C(=O)NC3CCCC3C(=O)O)cc2c1. The van der Waals surface area contributed by atoms with E-state index in [1.807, 2.05) is 25.1 Å². The quantitative estimate of drug-likeness (QED) is 0.909. The maximum atomic E-state index is 12.2. The Kier molecular flexibility index (Phi) is 3.41. The number of carboxylic acid groups (broad SMARTS) is 1. The van der Waals surface area contributed by atoms with Gasteiger partial charge in [0.2, 0.25) is 0 Å². The molecule has 0 aliphatic heterocycles. The molecule has 1 heterocycles. The zero-order chi connectivity index (χ0) is 15.0. The van der Waals surface area contributed by atoms with Crippen LogP contribution in [-0.2, 0) is 4.79 Å². The van der Waals surface area contributed by atoms with Gasteiger partial charge in [-0.1, -0.05) is 18.1 Å². The Morgan fingerprint density at radius 1 is 1.29 bits per heavy atom. The summed E-state index contributed by atoms with van der Waals surface area (Å²) in [5.74, 6) is -1.47. The van der Waals surface area contributed by atoms with Crippen LogP contribution in [0, 0.1) is 12.8 Å². The minimum Gasteiger partial charge on any atom is -0.481 e. The summed E-state index contributed by atoms with van der Waals surface area (Å²) in [6.45, 7) is 1.97. The van der Waals surface area contributed by atoms with Crippen LogP contribution in [0.15, 0.2) is 28.7 Å².